The highest BCUT2D eigenvalue weighted by atomic mass is 16.5. The second-order valence-corrected chi connectivity index (χ2v) is 5.04. The van der Waals surface area contributed by atoms with E-state index in [-0.39, 0.29) is 12.5 Å². The van der Waals surface area contributed by atoms with Gasteiger partial charge in [0.2, 0.25) is 0 Å². The maximum atomic E-state index is 10.8. The predicted molar refractivity (Wildman–Crippen MR) is 81.1 cm³/mol. The van der Waals surface area contributed by atoms with Gasteiger partial charge in [0, 0.05) is 12.5 Å². The second kappa shape index (κ2) is 9.15. The van der Waals surface area contributed by atoms with Crippen LogP contribution in [0.25, 0.3) is 0 Å². The van der Waals surface area contributed by atoms with Crippen molar-refractivity contribution < 1.29 is 19.7 Å². The fourth-order valence-corrected chi connectivity index (χ4v) is 2.01. The summed E-state index contributed by atoms with van der Waals surface area (Å²) in [7, 11) is 0. The summed E-state index contributed by atoms with van der Waals surface area (Å²) in [5.41, 5.74) is 1.93. The number of carboxylic acid groups (broad SMARTS) is 1. The van der Waals surface area contributed by atoms with Gasteiger partial charge >= 0.3 is 6.09 Å². The van der Waals surface area contributed by atoms with Gasteiger partial charge in [0.1, 0.15) is 0 Å². The van der Waals surface area contributed by atoms with E-state index in [2.05, 4.69) is 5.32 Å². The Morgan fingerprint density at radius 3 is 2.62 bits per heavy atom. The molecule has 0 aliphatic rings. The van der Waals surface area contributed by atoms with Crippen LogP contribution in [0.4, 0.5) is 4.79 Å². The highest BCUT2D eigenvalue weighted by Crippen LogP contribution is 2.12. The summed E-state index contributed by atoms with van der Waals surface area (Å²) >= 11 is 0. The fourth-order valence-electron chi connectivity index (χ4n) is 2.01. The molecule has 1 aromatic rings. The van der Waals surface area contributed by atoms with Crippen molar-refractivity contribution in [2.75, 3.05) is 13.2 Å². The van der Waals surface area contributed by atoms with E-state index in [9.17, 15) is 9.90 Å². The van der Waals surface area contributed by atoms with E-state index in [1.165, 1.54) is 0 Å². The first kappa shape index (κ1) is 17.2. The zero-order chi connectivity index (χ0) is 15.7. The van der Waals surface area contributed by atoms with Crippen LogP contribution in [-0.2, 0) is 11.3 Å². The normalized spacial score (nSPS) is 14.5. The molecule has 5 heteroatoms. The van der Waals surface area contributed by atoms with Crippen molar-refractivity contribution in [2.45, 2.75) is 26.5 Å². The number of nitrogens with one attached hydrogen (secondary N) is 1. The summed E-state index contributed by atoms with van der Waals surface area (Å²) in [6, 6.07) is 9.42. The maximum Gasteiger partial charge on any atom is 0.405 e. The van der Waals surface area contributed by atoms with Crippen molar-refractivity contribution in [3.05, 3.63) is 47.5 Å². The van der Waals surface area contributed by atoms with E-state index in [1.54, 1.807) is 6.92 Å². The third kappa shape index (κ3) is 6.42. The van der Waals surface area contributed by atoms with Gasteiger partial charge in [-0.1, -0.05) is 48.9 Å². The summed E-state index contributed by atoms with van der Waals surface area (Å²) in [5, 5.41) is 20.5. The molecule has 0 aliphatic heterocycles. The van der Waals surface area contributed by atoms with Gasteiger partial charge in [0.05, 0.1) is 19.3 Å². The first-order chi connectivity index (χ1) is 10.0. The minimum absolute atomic E-state index is 0.0823. The van der Waals surface area contributed by atoms with E-state index in [4.69, 9.17) is 9.84 Å². The average Bonchev–Trinajstić information content (AvgIpc) is 2.49. The Kier molecular flexibility index (Phi) is 7.50. The Bertz CT molecular complexity index is 459. The summed E-state index contributed by atoms with van der Waals surface area (Å²) in [6.45, 7) is 4.45. The monoisotopic (exact) mass is 293 g/mol. The van der Waals surface area contributed by atoms with Gasteiger partial charge in [-0.25, -0.2) is 4.79 Å². The number of ether oxygens (including phenoxy) is 1. The lowest BCUT2D eigenvalue weighted by Gasteiger charge is -2.23. The number of amides is 1. The number of benzene rings is 1. The highest BCUT2D eigenvalue weighted by Gasteiger charge is 2.20. The summed E-state index contributed by atoms with van der Waals surface area (Å²) < 4.78 is 5.54. The minimum atomic E-state index is -1.10. The van der Waals surface area contributed by atoms with Crippen LogP contribution >= 0.6 is 0 Å². The lowest BCUT2D eigenvalue weighted by molar-refractivity contribution is 0.147. The van der Waals surface area contributed by atoms with Crippen molar-refractivity contribution >= 4 is 6.09 Å². The molecule has 1 aromatic carbocycles. The molecule has 0 bridgehead atoms. The van der Waals surface area contributed by atoms with Gasteiger partial charge in [0.15, 0.2) is 0 Å². The fraction of sp³-hybridized carbons (Fsp3) is 0.438. The molecule has 0 spiro atoms. The zero-order valence-electron chi connectivity index (χ0n) is 12.5. The molecule has 0 heterocycles. The molecular formula is C16H23NO4. The van der Waals surface area contributed by atoms with Crippen LogP contribution in [0.1, 0.15) is 19.4 Å². The molecule has 1 rings (SSSR count). The maximum absolute atomic E-state index is 10.8. The Morgan fingerprint density at radius 1 is 1.38 bits per heavy atom. The van der Waals surface area contributed by atoms with Crippen molar-refractivity contribution in [3.63, 3.8) is 0 Å². The molecule has 0 aromatic heterocycles. The summed E-state index contributed by atoms with van der Waals surface area (Å²) in [4.78, 5) is 10.8. The molecule has 3 N–H and O–H groups in total. The van der Waals surface area contributed by atoms with E-state index < -0.39 is 12.1 Å². The molecular weight excluding hydrogens is 270 g/mol. The highest BCUT2D eigenvalue weighted by molar-refractivity contribution is 5.65. The molecule has 0 radical (unpaired) electrons. The van der Waals surface area contributed by atoms with Gasteiger partial charge < -0.3 is 20.3 Å². The Morgan fingerprint density at radius 2 is 2.05 bits per heavy atom. The Hall–Kier alpha value is -1.85. The van der Waals surface area contributed by atoms with E-state index >= 15 is 0 Å². The van der Waals surface area contributed by atoms with Crippen LogP contribution in [0.2, 0.25) is 0 Å². The van der Waals surface area contributed by atoms with Crippen LogP contribution in [-0.4, -0.2) is 35.6 Å². The molecule has 21 heavy (non-hydrogen) atoms. The van der Waals surface area contributed by atoms with Crippen LogP contribution in [0, 0.1) is 5.92 Å². The third-order valence-corrected chi connectivity index (χ3v) is 3.26. The average molecular weight is 293 g/mol. The topological polar surface area (TPSA) is 78.8 Å². The van der Waals surface area contributed by atoms with Crippen molar-refractivity contribution in [3.8, 4) is 0 Å². The number of aliphatic hydroxyl groups is 1. The number of rotatable bonds is 8. The van der Waals surface area contributed by atoms with Gasteiger partial charge in [0.25, 0.3) is 0 Å². The smallest absolute Gasteiger partial charge is 0.405 e. The Balaban J connectivity index is 2.50. The van der Waals surface area contributed by atoms with Gasteiger partial charge in [-0.3, -0.25) is 0 Å². The van der Waals surface area contributed by atoms with Gasteiger partial charge in [-0.15, -0.1) is 0 Å². The second-order valence-electron chi connectivity index (χ2n) is 5.04. The first-order valence-corrected chi connectivity index (χ1v) is 6.93. The number of aliphatic hydroxyl groups excluding tert-OH is 1. The summed E-state index contributed by atoms with van der Waals surface area (Å²) in [6.07, 6.45) is 0.744. The van der Waals surface area contributed by atoms with E-state index in [1.807, 2.05) is 43.3 Å². The van der Waals surface area contributed by atoms with E-state index in [0.29, 0.717) is 13.2 Å². The molecule has 0 unspecified atom stereocenters. The molecule has 116 valence electrons. The predicted octanol–water partition coefficient (Wildman–Crippen LogP) is 2.41. The lowest BCUT2D eigenvalue weighted by Crippen LogP contribution is -2.40. The molecule has 2 atom stereocenters. The molecule has 0 fully saturated rings. The first-order valence-electron chi connectivity index (χ1n) is 6.93. The minimum Gasteiger partial charge on any atom is -0.465 e. The quantitative estimate of drug-likeness (QED) is 0.508. The number of hydrogen-bond acceptors (Lipinski definition) is 3. The van der Waals surface area contributed by atoms with Crippen molar-refractivity contribution in [1.82, 2.24) is 5.32 Å². The van der Waals surface area contributed by atoms with Crippen molar-refractivity contribution in [2.24, 2.45) is 5.92 Å². The van der Waals surface area contributed by atoms with Crippen LogP contribution in [0.15, 0.2) is 42.0 Å². The molecule has 1 amide bonds. The number of hydrogen-bond donors (Lipinski definition) is 3. The zero-order valence-corrected chi connectivity index (χ0v) is 12.5. The van der Waals surface area contributed by atoms with Gasteiger partial charge in [-0.2, -0.15) is 0 Å². The third-order valence-electron chi connectivity index (χ3n) is 3.26. The standard InChI is InChI=1S/C16H23NO4/c1-12(15(13(2)10-18)17-16(19)20)8-9-21-11-14-6-4-3-5-7-14/h3-8,13,15,17-18H,9-11H2,1-2H3,(H,19,20)/t13-,15+/m0/s1. The molecule has 0 saturated carbocycles. The van der Waals surface area contributed by atoms with Crippen LogP contribution < -0.4 is 5.32 Å². The van der Waals surface area contributed by atoms with E-state index in [0.717, 1.165) is 11.1 Å². The SMILES string of the molecule is CC(=CCOCc1ccccc1)[C@@H](NC(=O)O)[C@@H](C)CO. The van der Waals surface area contributed by atoms with Crippen LogP contribution in [0.3, 0.4) is 0 Å². The Labute approximate surface area is 125 Å². The largest absolute Gasteiger partial charge is 0.465 e. The van der Waals surface area contributed by atoms with Gasteiger partial charge in [-0.05, 0) is 12.5 Å². The molecule has 5 nitrogen and oxygen atoms in total. The number of carbonyl (C=O) groups is 1. The lowest BCUT2D eigenvalue weighted by atomic mass is 9.96. The molecule has 0 saturated heterocycles. The van der Waals surface area contributed by atoms with Crippen LogP contribution in [0.5, 0.6) is 0 Å². The summed E-state index contributed by atoms with van der Waals surface area (Å²) in [5.74, 6) is -0.188. The molecule has 0 aliphatic carbocycles. The van der Waals surface area contributed by atoms with Crippen molar-refractivity contribution in [1.29, 1.82) is 0 Å².